The molecule has 188 valence electrons. The molecule has 0 spiro atoms. The first-order valence-corrected chi connectivity index (χ1v) is 12.8. The molecule has 0 aliphatic carbocycles. The van der Waals surface area contributed by atoms with Crippen molar-refractivity contribution < 1.29 is 9.90 Å². The average molecular weight is 484 g/mol. The van der Waals surface area contributed by atoms with Gasteiger partial charge in [-0.3, -0.25) is 0 Å². The van der Waals surface area contributed by atoms with E-state index in [0.29, 0.717) is 18.3 Å². The first-order chi connectivity index (χ1) is 16.2. The summed E-state index contributed by atoms with van der Waals surface area (Å²) >= 11 is 1.95. The summed E-state index contributed by atoms with van der Waals surface area (Å²) in [5, 5.41) is 8.40. The Morgan fingerprint density at radius 1 is 1.03 bits per heavy atom. The van der Waals surface area contributed by atoms with Crippen LogP contribution in [-0.4, -0.2) is 23.1 Å². The lowest BCUT2D eigenvalue weighted by Gasteiger charge is -2.12. The molecular formula is C30H45NO2S. The third kappa shape index (κ3) is 8.81. The van der Waals surface area contributed by atoms with Gasteiger partial charge in [-0.25, -0.2) is 0 Å². The van der Waals surface area contributed by atoms with Gasteiger partial charge in [-0.2, -0.15) is 0 Å². The first kappa shape index (κ1) is 31.7. The topological polar surface area (TPSA) is 42.2 Å². The molecule has 0 bridgehead atoms. The van der Waals surface area contributed by atoms with Gasteiger partial charge in [0.1, 0.15) is 6.29 Å². The fourth-order valence-corrected chi connectivity index (χ4v) is 4.80. The van der Waals surface area contributed by atoms with Gasteiger partial charge in [0.05, 0.1) is 0 Å². The van der Waals surface area contributed by atoms with Crippen LogP contribution in [0, 0.1) is 19.8 Å². The minimum atomic E-state index is 0.548. The summed E-state index contributed by atoms with van der Waals surface area (Å²) < 4.78 is 2.41. The quantitative estimate of drug-likeness (QED) is 0.283. The Hall–Kier alpha value is -2.30. The molecule has 1 aromatic heterocycles. The molecule has 2 aromatic carbocycles. The third-order valence-corrected chi connectivity index (χ3v) is 6.60. The van der Waals surface area contributed by atoms with Crippen LogP contribution in [0.2, 0.25) is 0 Å². The predicted octanol–water partition coefficient (Wildman–Crippen LogP) is 8.27. The number of aryl methyl sites for hydroxylation is 3. The second-order valence-electron chi connectivity index (χ2n) is 8.81. The molecule has 0 saturated heterocycles. The summed E-state index contributed by atoms with van der Waals surface area (Å²) in [6, 6.07) is 13.8. The number of carbonyl (C=O) groups excluding carboxylic acids is 1. The zero-order valence-corrected chi connectivity index (χ0v) is 23.6. The summed E-state index contributed by atoms with van der Waals surface area (Å²) in [6.45, 7) is 21.4. The van der Waals surface area contributed by atoms with Crippen molar-refractivity contribution in [1.29, 1.82) is 0 Å². The molecule has 0 aliphatic heterocycles. The van der Waals surface area contributed by atoms with Crippen molar-refractivity contribution in [3.63, 3.8) is 0 Å². The number of nitrogens with zero attached hydrogens (tertiary/aromatic N) is 1. The summed E-state index contributed by atoms with van der Waals surface area (Å²) in [7, 11) is 3.22. The van der Waals surface area contributed by atoms with E-state index in [2.05, 4.69) is 103 Å². The van der Waals surface area contributed by atoms with E-state index >= 15 is 0 Å². The van der Waals surface area contributed by atoms with Crippen LogP contribution in [0.4, 0.5) is 0 Å². The fraction of sp³-hybridized carbons (Fsp3) is 0.433. The number of fused-ring (bicyclic) bond motifs is 1. The third-order valence-electron chi connectivity index (χ3n) is 5.28. The average Bonchev–Trinajstić information content (AvgIpc) is 3.09. The SMILES string of the molecule is C=C.CCC=O.CO.Cc1ccc(C)c(Sc2c(CC(C)C)n(C)c3ccc(C(C)C)cc23)c1. The molecule has 0 atom stereocenters. The second-order valence-corrected chi connectivity index (χ2v) is 9.86. The van der Waals surface area contributed by atoms with Gasteiger partial charge < -0.3 is 14.5 Å². The van der Waals surface area contributed by atoms with E-state index in [0.717, 1.165) is 19.8 Å². The number of aliphatic hydroxyl groups excluding tert-OH is 1. The predicted molar refractivity (Wildman–Crippen MR) is 151 cm³/mol. The van der Waals surface area contributed by atoms with Crippen molar-refractivity contribution in [2.24, 2.45) is 13.0 Å². The van der Waals surface area contributed by atoms with Crippen molar-refractivity contribution in [3.05, 3.63) is 71.9 Å². The van der Waals surface area contributed by atoms with E-state index in [4.69, 9.17) is 5.11 Å². The Kier molecular flexibility index (Phi) is 15.2. The Labute approximate surface area is 212 Å². The van der Waals surface area contributed by atoms with Crippen molar-refractivity contribution in [1.82, 2.24) is 4.57 Å². The van der Waals surface area contributed by atoms with Crippen LogP contribution in [0.3, 0.4) is 0 Å². The van der Waals surface area contributed by atoms with Crippen LogP contribution in [0.25, 0.3) is 10.9 Å². The number of aliphatic hydroxyl groups is 1. The number of hydrogen-bond donors (Lipinski definition) is 1. The summed E-state index contributed by atoms with van der Waals surface area (Å²) in [6.07, 6.45) is 2.62. The van der Waals surface area contributed by atoms with Gasteiger partial charge in [0.15, 0.2) is 0 Å². The van der Waals surface area contributed by atoms with E-state index in [9.17, 15) is 4.79 Å². The molecule has 0 aliphatic rings. The van der Waals surface area contributed by atoms with Gasteiger partial charge in [0.2, 0.25) is 0 Å². The molecule has 34 heavy (non-hydrogen) atoms. The highest BCUT2D eigenvalue weighted by atomic mass is 32.2. The summed E-state index contributed by atoms with van der Waals surface area (Å²) in [4.78, 5) is 12.0. The Morgan fingerprint density at radius 2 is 1.62 bits per heavy atom. The van der Waals surface area contributed by atoms with Crippen LogP contribution >= 0.6 is 11.8 Å². The van der Waals surface area contributed by atoms with Crippen molar-refractivity contribution in [2.45, 2.75) is 77.0 Å². The fourth-order valence-electron chi connectivity index (χ4n) is 3.50. The van der Waals surface area contributed by atoms with E-state index in [1.165, 1.54) is 43.1 Å². The van der Waals surface area contributed by atoms with Crippen LogP contribution in [0.15, 0.2) is 59.3 Å². The largest absolute Gasteiger partial charge is 0.400 e. The van der Waals surface area contributed by atoms with Gasteiger partial charge in [-0.15, -0.1) is 13.2 Å². The molecule has 0 saturated carbocycles. The molecule has 3 nitrogen and oxygen atoms in total. The number of aldehydes is 1. The summed E-state index contributed by atoms with van der Waals surface area (Å²) in [5.41, 5.74) is 6.90. The minimum absolute atomic E-state index is 0.548. The highest BCUT2D eigenvalue weighted by molar-refractivity contribution is 7.99. The lowest BCUT2D eigenvalue weighted by Crippen LogP contribution is -2.02. The monoisotopic (exact) mass is 483 g/mol. The molecule has 3 rings (SSSR count). The Balaban J connectivity index is 0.00000121. The molecule has 0 radical (unpaired) electrons. The maximum absolute atomic E-state index is 9.17. The number of aromatic nitrogens is 1. The van der Waals surface area contributed by atoms with Crippen molar-refractivity contribution in [3.8, 4) is 0 Å². The normalized spacial score (nSPS) is 10.1. The smallest absolute Gasteiger partial charge is 0.119 e. The maximum Gasteiger partial charge on any atom is 0.119 e. The van der Waals surface area contributed by atoms with Crippen molar-refractivity contribution >= 4 is 29.0 Å². The number of hydrogen-bond acceptors (Lipinski definition) is 3. The summed E-state index contributed by atoms with van der Waals surface area (Å²) in [5.74, 6) is 1.19. The van der Waals surface area contributed by atoms with Crippen molar-refractivity contribution in [2.75, 3.05) is 7.11 Å². The molecule has 0 amide bonds. The second kappa shape index (κ2) is 16.3. The molecule has 1 N–H and O–H groups in total. The molecular weight excluding hydrogens is 438 g/mol. The highest BCUT2D eigenvalue weighted by Gasteiger charge is 2.19. The number of rotatable bonds is 6. The standard InChI is InChI=1S/C24H31NS.C3H6O.C2H4.CH4O/c1-15(2)12-22-24(26-23-13-17(5)8-9-18(23)6)20-14-19(16(3)4)10-11-21(20)25(22)7;1-2-3-4;2*1-2/h8-11,13-16H,12H2,1-7H3;3H,2H2,1H3;1-2H2;2H,1H3. The number of carbonyl (C=O) groups is 1. The van der Waals surface area contributed by atoms with E-state index in [-0.39, 0.29) is 0 Å². The zero-order valence-electron chi connectivity index (χ0n) is 22.7. The van der Waals surface area contributed by atoms with E-state index < -0.39 is 0 Å². The molecule has 1 heterocycles. The van der Waals surface area contributed by atoms with Gasteiger partial charge in [-0.1, -0.05) is 64.6 Å². The molecule has 4 heteroatoms. The number of benzene rings is 2. The Morgan fingerprint density at radius 3 is 2.12 bits per heavy atom. The maximum atomic E-state index is 9.17. The minimum Gasteiger partial charge on any atom is -0.400 e. The molecule has 0 unspecified atom stereocenters. The van der Waals surface area contributed by atoms with E-state index in [1.54, 1.807) is 0 Å². The lowest BCUT2D eigenvalue weighted by atomic mass is 10.0. The highest BCUT2D eigenvalue weighted by Crippen LogP contribution is 2.41. The van der Waals surface area contributed by atoms with Gasteiger partial charge >= 0.3 is 0 Å². The van der Waals surface area contributed by atoms with E-state index in [1.807, 2.05) is 18.7 Å². The molecule has 3 aromatic rings. The first-order valence-electron chi connectivity index (χ1n) is 11.9. The lowest BCUT2D eigenvalue weighted by molar-refractivity contribution is -0.107. The van der Waals surface area contributed by atoms with Gasteiger partial charge in [-0.05, 0) is 67.0 Å². The zero-order chi connectivity index (χ0) is 26.4. The van der Waals surface area contributed by atoms with Crippen LogP contribution in [-0.2, 0) is 18.3 Å². The van der Waals surface area contributed by atoms with Gasteiger partial charge in [0, 0.05) is 47.0 Å². The van der Waals surface area contributed by atoms with Crippen LogP contribution < -0.4 is 0 Å². The van der Waals surface area contributed by atoms with Gasteiger partial charge in [0.25, 0.3) is 0 Å². The van der Waals surface area contributed by atoms with Crippen LogP contribution in [0.1, 0.15) is 69.3 Å². The van der Waals surface area contributed by atoms with Crippen LogP contribution in [0.5, 0.6) is 0 Å². The Bertz CT molecular complexity index is 1020. The molecule has 0 fully saturated rings.